The van der Waals surface area contributed by atoms with Gasteiger partial charge < -0.3 is 15.0 Å². The van der Waals surface area contributed by atoms with E-state index in [0.29, 0.717) is 30.6 Å². The fourth-order valence-electron chi connectivity index (χ4n) is 5.38. The zero-order valence-electron chi connectivity index (χ0n) is 18.8. The van der Waals surface area contributed by atoms with Crippen LogP contribution >= 0.6 is 0 Å². The summed E-state index contributed by atoms with van der Waals surface area (Å²) in [5, 5.41) is 3.03. The topological polar surface area (TPSA) is 87.7 Å². The molecule has 3 aliphatic rings. The van der Waals surface area contributed by atoms with Gasteiger partial charge in [0.15, 0.2) is 5.82 Å². The summed E-state index contributed by atoms with van der Waals surface area (Å²) in [7, 11) is 1.45. The molecule has 1 saturated carbocycles. The maximum atomic E-state index is 12.7. The van der Waals surface area contributed by atoms with Crippen LogP contribution < -0.4 is 10.2 Å². The normalized spacial score (nSPS) is 26.8. The third-order valence-electron chi connectivity index (χ3n) is 7.37. The molecule has 3 heterocycles. The Kier molecular flexibility index (Phi) is 7.05. The standard InChI is InChI=1S/C23H35N5O3/c1-3-27-12-10-18-19(11-13-27)26-21(15-24-18)28-20(14-25-23(28)30)17-7-4-16(5-8-17)6-9-22(29)31-2/h15-17,20H,3-14H2,1-2H3,(H,25,30). The second-order valence-corrected chi connectivity index (χ2v) is 9.07. The number of carbonyl (C=O) groups excluding carboxylic acids is 2. The number of ether oxygens (including phenoxy) is 1. The number of nitrogens with zero attached hydrogens (tertiary/aromatic N) is 4. The van der Waals surface area contributed by atoms with Crippen LogP contribution in [0.3, 0.4) is 0 Å². The molecule has 0 radical (unpaired) electrons. The number of esters is 1. The summed E-state index contributed by atoms with van der Waals surface area (Å²) >= 11 is 0. The molecule has 2 aliphatic heterocycles. The Bertz CT molecular complexity index is 793. The Morgan fingerprint density at radius 2 is 1.94 bits per heavy atom. The fourth-order valence-corrected chi connectivity index (χ4v) is 5.38. The minimum Gasteiger partial charge on any atom is -0.469 e. The summed E-state index contributed by atoms with van der Waals surface area (Å²) in [6, 6.07) is 0.0650. The van der Waals surface area contributed by atoms with Crippen molar-refractivity contribution in [3.05, 3.63) is 17.6 Å². The molecule has 1 aromatic rings. The van der Waals surface area contributed by atoms with Crippen molar-refractivity contribution in [1.29, 1.82) is 0 Å². The SMILES string of the molecule is CCN1CCc2ncc(N3C(=O)NCC3C3CCC(CCC(=O)OC)CC3)nc2CC1. The molecule has 8 heteroatoms. The molecule has 1 saturated heterocycles. The first-order valence-electron chi connectivity index (χ1n) is 11.8. The maximum absolute atomic E-state index is 12.7. The van der Waals surface area contributed by atoms with E-state index in [-0.39, 0.29) is 18.0 Å². The zero-order chi connectivity index (χ0) is 21.8. The van der Waals surface area contributed by atoms with Crippen LogP contribution in [0.4, 0.5) is 10.6 Å². The Balaban J connectivity index is 1.41. The number of aromatic nitrogens is 2. The Hall–Kier alpha value is -2.22. The molecule has 1 aliphatic carbocycles. The lowest BCUT2D eigenvalue weighted by Crippen LogP contribution is -2.41. The summed E-state index contributed by atoms with van der Waals surface area (Å²) in [4.78, 5) is 38.1. The van der Waals surface area contributed by atoms with Crippen molar-refractivity contribution in [2.24, 2.45) is 11.8 Å². The van der Waals surface area contributed by atoms with Crippen LogP contribution in [0.15, 0.2) is 6.20 Å². The summed E-state index contributed by atoms with van der Waals surface area (Å²) in [5.41, 5.74) is 2.11. The van der Waals surface area contributed by atoms with E-state index in [1.54, 1.807) is 6.20 Å². The van der Waals surface area contributed by atoms with E-state index in [1.165, 1.54) is 7.11 Å². The maximum Gasteiger partial charge on any atom is 0.323 e. The van der Waals surface area contributed by atoms with Gasteiger partial charge in [0, 0.05) is 38.9 Å². The number of anilines is 1. The molecular formula is C23H35N5O3. The average molecular weight is 430 g/mol. The van der Waals surface area contributed by atoms with Gasteiger partial charge in [-0.15, -0.1) is 0 Å². The van der Waals surface area contributed by atoms with Crippen molar-refractivity contribution in [2.45, 2.75) is 64.3 Å². The van der Waals surface area contributed by atoms with Gasteiger partial charge in [0.25, 0.3) is 0 Å². The number of urea groups is 1. The molecule has 2 fully saturated rings. The first kappa shape index (κ1) is 22.0. The van der Waals surface area contributed by atoms with E-state index >= 15 is 0 Å². The quantitative estimate of drug-likeness (QED) is 0.700. The van der Waals surface area contributed by atoms with Gasteiger partial charge in [-0.05, 0) is 37.6 Å². The van der Waals surface area contributed by atoms with Crippen LogP contribution in [-0.2, 0) is 22.4 Å². The number of fused-ring (bicyclic) bond motifs is 1. The molecular weight excluding hydrogens is 394 g/mol. The van der Waals surface area contributed by atoms with E-state index < -0.39 is 0 Å². The molecule has 2 amide bonds. The zero-order valence-corrected chi connectivity index (χ0v) is 18.8. The van der Waals surface area contributed by atoms with Gasteiger partial charge in [-0.1, -0.05) is 19.8 Å². The predicted octanol–water partition coefficient (Wildman–Crippen LogP) is 2.55. The van der Waals surface area contributed by atoms with Gasteiger partial charge in [0.1, 0.15) is 0 Å². The Labute approximate surface area is 184 Å². The van der Waals surface area contributed by atoms with Crippen molar-refractivity contribution in [3.63, 3.8) is 0 Å². The smallest absolute Gasteiger partial charge is 0.323 e. The van der Waals surface area contributed by atoms with Crippen LogP contribution in [0.1, 0.15) is 56.8 Å². The number of amides is 2. The lowest BCUT2D eigenvalue weighted by Gasteiger charge is -2.35. The molecule has 170 valence electrons. The molecule has 1 N–H and O–H groups in total. The van der Waals surface area contributed by atoms with Gasteiger partial charge in [-0.3, -0.25) is 14.7 Å². The minimum absolute atomic E-state index is 0.0594. The molecule has 0 bridgehead atoms. The highest BCUT2D eigenvalue weighted by Crippen LogP contribution is 2.37. The summed E-state index contributed by atoms with van der Waals surface area (Å²) in [5.74, 6) is 1.59. The fraction of sp³-hybridized carbons (Fsp3) is 0.739. The summed E-state index contributed by atoms with van der Waals surface area (Å²) in [6.07, 6.45) is 9.35. The minimum atomic E-state index is -0.122. The van der Waals surface area contributed by atoms with Crippen LogP contribution in [0, 0.1) is 11.8 Å². The van der Waals surface area contributed by atoms with Gasteiger partial charge in [0.05, 0.1) is 30.7 Å². The summed E-state index contributed by atoms with van der Waals surface area (Å²) < 4.78 is 4.77. The average Bonchev–Trinajstić information content (AvgIpc) is 3.06. The van der Waals surface area contributed by atoms with Crippen LogP contribution in [0.25, 0.3) is 0 Å². The number of carbonyl (C=O) groups is 2. The van der Waals surface area contributed by atoms with Crippen molar-refractivity contribution in [2.75, 3.05) is 38.2 Å². The second-order valence-electron chi connectivity index (χ2n) is 9.07. The molecule has 1 atom stereocenters. The van der Waals surface area contributed by atoms with Crippen LogP contribution in [0.5, 0.6) is 0 Å². The first-order valence-corrected chi connectivity index (χ1v) is 11.8. The highest BCUT2D eigenvalue weighted by Gasteiger charge is 2.40. The van der Waals surface area contributed by atoms with Crippen molar-refractivity contribution in [1.82, 2.24) is 20.2 Å². The molecule has 8 nitrogen and oxygen atoms in total. The first-order chi connectivity index (χ1) is 15.1. The Morgan fingerprint density at radius 1 is 1.19 bits per heavy atom. The van der Waals surface area contributed by atoms with Crippen LogP contribution in [-0.4, -0.2) is 66.2 Å². The highest BCUT2D eigenvalue weighted by atomic mass is 16.5. The van der Waals surface area contributed by atoms with Gasteiger partial charge in [0.2, 0.25) is 0 Å². The molecule has 0 spiro atoms. The molecule has 31 heavy (non-hydrogen) atoms. The second kappa shape index (κ2) is 9.94. The van der Waals surface area contributed by atoms with Gasteiger partial charge >= 0.3 is 12.0 Å². The number of nitrogens with one attached hydrogen (secondary N) is 1. The molecule has 4 rings (SSSR count). The van der Waals surface area contributed by atoms with Gasteiger partial charge in [-0.25, -0.2) is 9.78 Å². The molecule has 1 aromatic heterocycles. The van der Waals surface area contributed by atoms with E-state index in [2.05, 4.69) is 17.1 Å². The largest absolute Gasteiger partial charge is 0.469 e. The van der Waals surface area contributed by atoms with E-state index in [4.69, 9.17) is 14.7 Å². The van der Waals surface area contributed by atoms with Crippen LogP contribution in [0.2, 0.25) is 0 Å². The van der Waals surface area contributed by atoms with E-state index in [1.807, 2.05) is 4.90 Å². The monoisotopic (exact) mass is 429 g/mol. The van der Waals surface area contributed by atoms with E-state index in [9.17, 15) is 9.59 Å². The lowest BCUT2D eigenvalue weighted by atomic mass is 9.77. The van der Waals surface area contributed by atoms with Crippen molar-refractivity contribution >= 4 is 17.8 Å². The number of methoxy groups -OCH3 is 1. The van der Waals surface area contributed by atoms with E-state index in [0.717, 1.165) is 76.0 Å². The third kappa shape index (κ3) is 5.00. The number of likely N-dealkylation sites (N-methyl/N-ethyl adjacent to an activating group) is 1. The lowest BCUT2D eigenvalue weighted by molar-refractivity contribution is -0.141. The highest BCUT2D eigenvalue weighted by molar-refractivity contribution is 5.94. The predicted molar refractivity (Wildman–Crippen MR) is 118 cm³/mol. The Morgan fingerprint density at radius 3 is 2.65 bits per heavy atom. The number of hydrogen-bond donors (Lipinski definition) is 1. The molecule has 1 unspecified atom stereocenters. The van der Waals surface area contributed by atoms with Gasteiger partial charge in [-0.2, -0.15) is 0 Å². The summed E-state index contributed by atoms with van der Waals surface area (Å²) in [6.45, 7) is 5.90. The van der Waals surface area contributed by atoms with Crippen molar-refractivity contribution in [3.8, 4) is 0 Å². The van der Waals surface area contributed by atoms with Crippen molar-refractivity contribution < 1.29 is 14.3 Å². The number of rotatable bonds is 6. The molecule has 0 aromatic carbocycles. The number of hydrogen-bond acceptors (Lipinski definition) is 6. The third-order valence-corrected chi connectivity index (χ3v) is 7.37.